The van der Waals surface area contributed by atoms with Gasteiger partial charge in [0, 0.05) is 54.2 Å². The molecular formula is C25H28Cl2N4O3. The lowest BCUT2D eigenvalue weighted by Crippen LogP contribution is -2.43. The van der Waals surface area contributed by atoms with E-state index in [0.717, 1.165) is 44.2 Å². The Morgan fingerprint density at radius 2 is 2.00 bits per heavy atom. The molecule has 0 aliphatic carbocycles. The predicted molar refractivity (Wildman–Crippen MR) is 133 cm³/mol. The van der Waals surface area contributed by atoms with Crippen LogP contribution in [0.3, 0.4) is 0 Å². The molecule has 9 heteroatoms. The predicted octanol–water partition coefficient (Wildman–Crippen LogP) is 4.22. The Morgan fingerprint density at radius 1 is 1.18 bits per heavy atom. The van der Waals surface area contributed by atoms with Crippen molar-refractivity contribution < 1.29 is 14.3 Å². The molecule has 1 aromatic heterocycles. The molecule has 1 fully saturated rings. The topological polar surface area (TPSA) is 59.8 Å². The summed E-state index contributed by atoms with van der Waals surface area (Å²) in [6, 6.07) is 12.7. The summed E-state index contributed by atoms with van der Waals surface area (Å²) in [5.74, 6) is 1.37. The Morgan fingerprint density at radius 3 is 2.76 bits per heavy atom. The molecule has 0 unspecified atom stereocenters. The van der Waals surface area contributed by atoms with Crippen molar-refractivity contribution in [1.82, 2.24) is 19.4 Å². The summed E-state index contributed by atoms with van der Waals surface area (Å²) < 4.78 is 12.8. The number of hydrogen-bond acceptors (Lipinski definition) is 5. The molecule has 1 aliphatic heterocycles. The number of carbonyl (C=O) groups excluding carboxylic acids is 1. The second-order valence-corrected chi connectivity index (χ2v) is 8.96. The maximum atomic E-state index is 13.5. The van der Waals surface area contributed by atoms with Crippen LogP contribution in [0.4, 0.5) is 0 Å². The van der Waals surface area contributed by atoms with Gasteiger partial charge in [0.05, 0.1) is 33.4 Å². The van der Waals surface area contributed by atoms with Gasteiger partial charge in [0.1, 0.15) is 11.6 Å². The van der Waals surface area contributed by atoms with Crippen LogP contribution in [0.25, 0.3) is 0 Å². The third-order valence-electron chi connectivity index (χ3n) is 5.88. The molecule has 34 heavy (non-hydrogen) atoms. The summed E-state index contributed by atoms with van der Waals surface area (Å²) in [7, 11) is 1.60. The minimum atomic E-state index is -0.0637. The Kier molecular flexibility index (Phi) is 8.45. The number of benzene rings is 2. The molecular weight excluding hydrogens is 475 g/mol. The molecule has 0 N–H and O–H groups in total. The van der Waals surface area contributed by atoms with E-state index in [9.17, 15) is 4.79 Å². The number of imidazole rings is 1. The summed E-state index contributed by atoms with van der Waals surface area (Å²) in [6.07, 6.45) is 3.64. The maximum Gasteiger partial charge on any atom is 0.254 e. The number of methoxy groups -OCH3 is 1. The third kappa shape index (κ3) is 6.30. The van der Waals surface area contributed by atoms with Crippen LogP contribution in [0, 0.1) is 0 Å². The second kappa shape index (κ2) is 11.7. The Labute approximate surface area is 209 Å². The van der Waals surface area contributed by atoms with E-state index < -0.39 is 0 Å². The van der Waals surface area contributed by atoms with Crippen molar-refractivity contribution in [3.8, 4) is 5.75 Å². The first-order valence-corrected chi connectivity index (χ1v) is 12.0. The average molecular weight is 503 g/mol. The van der Waals surface area contributed by atoms with Crippen molar-refractivity contribution >= 4 is 29.1 Å². The summed E-state index contributed by atoms with van der Waals surface area (Å²) in [4.78, 5) is 22.2. The fourth-order valence-corrected chi connectivity index (χ4v) is 4.39. The third-order valence-corrected chi connectivity index (χ3v) is 6.47. The molecule has 2 heterocycles. The van der Waals surface area contributed by atoms with Gasteiger partial charge >= 0.3 is 0 Å². The average Bonchev–Trinajstić information content (AvgIpc) is 3.30. The van der Waals surface area contributed by atoms with Crippen LogP contribution in [-0.2, 0) is 17.8 Å². The number of carbonyl (C=O) groups is 1. The van der Waals surface area contributed by atoms with E-state index in [0.29, 0.717) is 41.0 Å². The molecule has 4 rings (SSSR count). The largest absolute Gasteiger partial charge is 0.497 e. The number of hydrogen-bond donors (Lipinski definition) is 0. The van der Waals surface area contributed by atoms with E-state index in [2.05, 4.69) is 9.88 Å². The summed E-state index contributed by atoms with van der Waals surface area (Å²) in [5.41, 5.74) is 1.52. The number of ether oxygens (including phenoxy) is 2. The summed E-state index contributed by atoms with van der Waals surface area (Å²) in [5, 5.41) is 1.20. The number of aromatic nitrogens is 2. The van der Waals surface area contributed by atoms with Gasteiger partial charge in [-0.2, -0.15) is 0 Å². The molecule has 180 valence electrons. The van der Waals surface area contributed by atoms with Crippen LogP contribution in [0.1, 0.15) is 21.7 Å². The Hall–Kier alpha value is -2.58. The first-order valence-electron chi connectivity index (χ1n) is 11.2. The zero-order valence-corrected chi connectivity index (χ0v) is 20.6. The van der Waals surface area contributed by atoms with Gasteiger partial charge in [-0.3, -0.25) is 9.69 Å². The van der Waals surface area contributed by atoms with Crippen molar-refractivity contribution in [2.75, 3.05) is 46.5 Å². The Bertz CT molecular complexity index is 1120. The van der Waals surface area contributed by atoms with Gasteiger partial charge in [0.25, 0.3) is 5.91 Å². The zero-order chi connectivity index (χ0) is 23.9. The van der Waals surface area contributed by atoms with Gasteiger partial charge in [-0.05, 0) is 35.9 Å². The van der Waals surface area contributed by atoms with Crippen LogP contribution in [-0.4, -0.2) is 71.8 Å². The van der Waals surface area contributed by atoms with Crippen LogP contribution >= 0.6 is 23.2 Å². The first-order chi connectivity index (χ1) is 16.5. The fraction of sp³-hybridized carbons (Fsp3) is 0.360. The minimum Gasteiger partial charge on any atom is -0.497 e. The highest BCUT2D eigenvalue weighted by molar-refractivity contribution is 6.35. The number of amides is 1. The fourth-order valence-electron chi connectivity index (χ4n) is 3.92. The summed E-state index contributed by atoms with van der Waals surface area (Å²) in [6.45, 7) is 5.42. The maximum absolute atomic E-state index is 13.5. The van der Waals surface area contributed by atoms with Crippen molar-refractivity contribution in [3.05, 3.63) is 81.9 Å². The monoisotopic (exact) mass is 502 g/mol. The molecule has 1 saturated heterocycles. The van der Waals surface area contributed by atoms with Gasteiger partial charge in [-0.25, -0.2) is 4.98 Å². The highest BCUT2D eigenvalue weighted by Crippen LogP contribution is 2.23. The van der Waals surface area contributed by atoms with Crippen LogP contribution in [0.2, 0.25) is 10.0 Å². The first kappa shape index (κ1) is 24.5. The van der Waals surface area contributed by atoms with Crippen molar-refractivity contribution in [1.29, 1.82) is 0 Å². The van der Waals surface area contributed by atoms with E-state index in [4.69, 9.17) is 32.7 Å². The van der Waals surface area contributed by atoms with Gasteiger partial charge in [0.15, 0.2) is 0 Å². The molecule has 0 atom stereocenters. The minimum absolute atomic E-state index is 0.0637. The van der Waals surface area contributed by atoms with Gasteiger partial charge < -0.3 is 18.9 Å². The molecule has 3 aromatic rings. The number of rotatable bonds is 9. The van der Waals surface area contributed by atoms with Gasteiger partial charge in [0.2, 0.25) is 0 Å². The second-order valence-electron chi connectivity index (χ2n) is 8.12. The SMILES string of the molecule is COc1cccc(C(=O)N(CCN2CCOCC2)Cc2nccn2Cc2ccc(Cl)cc2Cl)c1. The van der Waals surface area contributed by atoms with E-state index in [1.54, 1.807) is 25.4 Å². The molecule has 0 bridgehead atoms. The van der Waals surface area contributed by atoms with Gasteiger partial charge in [-0.15, -0.1) is 0 Å². The molecule has 1 aliphatic rings. The van der Waals surface area contributed by atoms with Crippen LogP contribution in [0.15, 0.2) is 54.9 Å². The number of nitrogens with zero attached hydrogens (tertiary/aromatic N) is 4. The van der Waals surface area contributed by atoms with Gasteiger partial charge in [-0.1, -0.05) is 35.3 Å². The summed E-state index contributed by atoms with van der Waals surface area (Å²) >= 11 is 12.4. The number of halogens is 2. The molecule has 1 amide bonds. The van der Waals surface area contributed by atoms with Crippen molar-refractivity contribution in [3.63, 3.8) is 0 Å². The smallest absolute Gasteiger partial charge is 0.254 e. The van der Waals surface area contributed by atoms with E-state index in [1.165, 1.54) is 0 Å². The molecule has 0 saturated carbocycles. The number of morpholine rings is 1. The quantitative estimate of drug-likeness (QED) is 0.438. The standard InChI is InChI=1S/C25H28Cl2N4O3/c1-33-22-4-2-3-19(15-22)25(32)31(10-9-29-11-13-34-14-12-29)18-24-28-7-8-30(24)17-20-5-6-21(26)16-23(20)27/h2-8,15-16H,9-14,17-18H2,1H3. The highest BCUT2D eigenvalue weighted by Gasteiger charge is 2.21. The normalized spacial score (nSPS) is 14.2. The van der Waals surface area contributed by atoms with E-state index in [1.807, 2.05) is 46.0 Å². The van der Waals surface area contributed by atoms with Crippen molar-refractivity contribution in [2.24, 2.45) is 0 Å². The zero-order valence-electron chi connectivity index (χ0n) is 19.1. The Balaban J connectivity index is 1.54. The lowest BCUT2D eigenvalue weighted by molar-refractivity contribution is 0.0318. The van der Waals surface area contributed by atoms with E-state index in [-0.39, 0.29) is 5.91 Å². The lowest BCUT2D eigenvalue weighted by atomic mass is 10.2. The molecule has 2 aromatic carbocycles. The van der Waals surface area contributed by atoms with Crippen LogP contribution in [0.5, 0.6) is 5.75 Å². The molecule has 0 radical (unpaired) electrons. The highest BCUT2D eigenvalue weighted by atomic mass is 35.5. The van der Waals surface area contributed by atoms with Crippen LogP contribution < -0.4 is 4.74 Å². The molecule has 7 nitrogen and oxygen atoms in total. The van der Waals surface area contributed by atoms with Crippen molar-refractivity contribution in [2.45, 2.75) is 13.1 Å². The molecule has 0 spiro atoms. The lowest BCUT2D eigenvalue weighted by Gasteiger charge is -2.30. The van der Waals surface area contributed by atoms with E-state index >= 15 is 0 Å².